The number of anilines is 2. The smallest absolute Gasteiger partial charge is 0.224 e. The van der Waals surface area contributed by atoms with Crippen LogP contribution in [-0.2, 0) is 6.42 Å². The van der Waals surface area contributed by atoms with Crippen molar-refractivity contribution in [1.29, 1.82) is 0 Å². The Kier molecular flexibility index (Phi) is 6.29. The molecule has 1 aromatic carbocycles. The fourth-order valence-electron chi connectivity index (χ4n) is 2.12. The lowest BCUT2D eigenvalue weighted by Gasteiger charge is -2.12. The fourth-order valence-corrected chi connectivity index (χ4v) is 2.12. The molecule has 0 aliphatic heterocycles. The monoisotopic (exact) mass is 317 g/mol. The van der Waals surface area contributed by atoms with E-state index in [4.69, 9.17) is 0 Å². The Morgan fingerprint density at radius 1 is 1.04 bits per heavy atom. The van der Waals surface area contributed by atoms with Crippen molar-refractivity contribution >= 4 is 11.8 Å². The Hall–Kier alpha value is -2.21. The predicted octanol–water partition coefficient (Wildman–Crippen LogP) is 2.55. The van der Waals surface area contributed by atoms with Gasteiger partial charge in [0.05, 0.1) is 0 Å². The number of aromatic nitrogens is 2. The molecule has 1 aromatic heterocycles. The van der Waals surface area contributed by atoms with Gasteiger partial charge in [0.15, 0.2) is 0 Å². The van der Waals surface area contributed by atoms with Gasteiger partial charge in [-0.05, 0) is 45.1 Å². The summed E-state index contributed by atoms with van der Waals surface area (Å²) in [6.07, 6.45) is 0.793. The normalized spacial score (nSPS) is 10.8. The summed E-state index contributed by atoms with van der Waals surface area (Å²) >= 11 is 0. The molecule has 124 valence electrons. The number of nitrogens with zero attached hydrogens (tertiary/aromatic N) is 3. The van der Waals surface area contributed by atoms with Gasteiger partial charge in [-0.1, -0.05) is 12.1 Å². The quantitative estimate of drug-likeness (QED) is 0.784. The molecule has 0 spiro atoms. The van der Waals surface area contributed by atoms with Gasteiger partial charge < -0.3 is 15.5 Å². The molecule has 6 heteroatoms. The highest BCUT2D eigenvalue weighted by Gasteiger charge is 2.02. The predicted molar refractivity (Wildman–Crippen MR) is 92.4 cm³/mol. The number of hydrogen-bond donors (Lipinski definition) is 2. The topological polar surface area (TPSA) is 53.1 Å². The van der Waals surface area contributed by atoms with E-state index in [1.165, 1.54) is 12.1 Å². The third-order valence-electron chi connectivity index (χ3n) is 3.33. The van der Waals surface area contributed by atoms with E-state index in [0.29, 0.717) is 12.5 Å². The summed E-state index contributed by atoms with van der Waals surface area (Å²) in [5.41, 5.74) is 1.99. The number of likely N-dealkylation sites (N-methyl/N-ethyl adjacent to an activating group) is 1. The molecule has 0 radical (unpaired) electrons. The Balaban J connectivity index is 1.86. The maximum absolute atomic E-state index is 12.9. The Morgan fingerprint density at radius 2 is 1.78 bits per heavy atom. The second kappa shape index (κ2) is 8.43. The number of hydrogen-bond acceptors (Lipinski definition) is 5. The summed E-state index contributed by atoms with van der Waals surface area (Å²) in [4.78, 5) is 11.0. The number of halogens is 1. The van der Waals surface area contributed by atoms with Gasteiger partial charge in [0.2, 0.25) is 5.95 Å². The average molecular weight is 317 g/mol. The zero-order valence-electron chi connectivity index (χ0n) is 13.9. The highest BCUT2D eigenvalue weighted by Crippen LogP contribution is 2.10. The van der Waals surface area contributed by atoms with Crippen molar-refractivity contribution in [2.45, 2.75) is 13.3 Å². The van der Waals surface area contributed by atoms with Gasteiger partial charge in [0.1, 0.15) is 11.6 Å². The average Bonchev–Trinajstić information content (AvgIpc) is 2.48. The highest BCUT2D eigenvalue weighted by atomic mass is 19.1. The lowest BCUT2D eigenvalue weighted by molar-refractivity contribution is 0.425. The molecular weight excluding hydrogens is 293 g/mol. The summed E-state index contributed by atoms with van der Waals surface area (Å²) < 4.78 is 12.9. The Labute approximate surface area is 137 Å². The zero-order chi connectivity index (χ0) is 16.7. The van der Waals surface area contributed by atoms with Gasteiger partial charge in [-0.25, -0.2) is 9.37 Å². The molecule has 0 saturated carbocycles. The molecule has 0 unspecified atom stereocenters. The van der Waals surface area contributed by atoms with Crippen LogP contribution in [0.3, 0.4) is 0 Å². The summed E-state index contributed by atoms with van der Waals surface area (Å²) in [5.74, 6) is 1.22. The van der Waals surface area contributed by atoms with Gasteiger partial charge in [-0.15, -0.1) is 0 Å². The minimum absolute atomic E-state index is 0.211. The minimum atomic E-state index is -0.211. The second-order valence-electron chi connectivity index (χ2n) is 5.75. The van der Waals surface area contributed by atoms with Crippen LogP contribution >= 0.6 is 0 Å². The van der Waals surface area contributed by atoms with E-state index >= 15 is 0 Å². The largest absolute Gasteiger partial charge is 0.369 e. The third-order valence-corrected chi connectivity index (χ3v) is 3.33. The minimum Gasteiger partial charge on any atom is -0.369 e. The van der Waals surface area contributed by atoms with Crippen molar-refractivity contribution in [1.82, 2.24) is 14.9 Å². The van der Waals surface area contributed by atoms with Crippen molar-refractivity contribution in [2.24, 2.45) is 0 Å². The van der Waals surface area contributed by atoms with E-state index in [0.717, 1.165) is 36.6 Å². The first-order chi connectivity index (χ1) is 11.0. The SMILES string of the molecule is Cc1cc(NCCN(C)C)nc(NCCc2ccc(F)cc2)n1. The molecule has 2 aromatic rings. The molecule has 5 nitrogen and oxygen atoms in total. The van der Waals surface area contributed by atoms with E-state index in [-0.39, 0.29) is 5.82 Å². The van der Waals surface area contributed by atoms with Crippen molar-refractivity contribution in [3.63, 3.8) is 0 Å². The van der Waals surface area contributed by atoms with Crippen molar-refractivity contribution < 1.29 is 4.39 Å². The van der Waals surface area contributed by atoms with Gasteiger partial charge in [0, 0.05) is 31.4 Å². The van der Waals surface area contributed by atoms with E-state index < -0.39 is 0 Å². The van der Waals surface area contributed by atoms with Crippen LogP contribution in [0.25, 0.3) is 0 Å². The highest BCUT2D eigenvalue weighted by molar-refractivity contribution is 5.42. The van der Waals surface area contributed by atoms with Crippen LogP contribution in [0.5, 0.6) is 0 Å². The first kappa shape index (κ1) is 17.1. The first-order valence-corrected chi connectivity index (χ1v) is 7.75. The third kappa shape index (κ3) is 6.20. The molecule has 2 N–H and O–H groups in total. The molecule has 0 bridgehead atoms. The molecule has 0 aliphatic rings. The number of rotatable bonds is 8. The first-order valence-electron chi connectivity index (χ1n) is 7.75. The lowest BCUT2D eigenvalue weighted by atomic mass is 10.1. The number of nitrogens with one attached hydrogen (secondary N) is 2. The summed E-state index contributed by atoms with van der Waals surface area (Å²) in [6, 6.07) is 8.47. The van der Waals surface area contributed by atoms with Crippen LogP contribution in [0.15, 0.2) is 30.3 Å². The Morgan fingerprint density at radius 3 is 2.48 bits per heavy atom. The molecule has 0 fully saturated rings. The fraction of sp³-hybridized carbons (Fsp3) is 0.412. The summed E-state index contributed by atoms with van der Waals surface area (Å²) in [7, 11) is 4.07. The molecule has 1 heterocycles. The maximum atomic E-state index is 12.9. The van der Waals surface area contributed by atoms with Gasteiger partial charge in [-0.2, -0.15) is 4.98 Å². The van der Waals surface area contributed by atoms with E-state index in [9.17, 15) is 4.39 Å². The van der Waals surface area contributed by atoms with Gasteiger partial charge >= 0.3 is 0 Å². The van der Waals surface area contributed by atoms with E-state index in [1.54, 1.807) is 12.1 Å². The number of benzene rings is 1. The van der Waals surface area contributed by atoms with Crippen LogP contribution in [-0.4, -0.2) is 48.6 Å². The van der Waals surface area contributed by atoms with Crippen molar-refractivity contribution in [3.05, 3.63) is 47.4 Å². The van der Waals surface area contributed by atoms with Gasteiger partial charge in [-0.3, -0.25) is 0 Å². The van der Waals surface area contributed by atoms with Crippen LogP contribution in [0.4, 0.5) is 16.2 Å². The van der Waals surface area contributed by atoms with Crippen LogP contribution in [0, 0.1) is 12.7 Å². The van der Waals surface area contributed by atoms with Crippen LogP contribution in [0.2, 0.25) is 0 Å². The molecule has 0 aliphatic carbocycles. The molecule has 0 saturated heterocycles. The lowest BCUT2D eigenvalue weighted by Crippen LogP contribution is -2.21. The molecule has 23 heavy (non-hydrogen) atoms. The molecule has 0 atom stereocenters. The standard InChI is InChI=1S/C17H24FN5/c1-13-12-16(19-10-11-23(2)3)22-17(21-13)20-9-8-14-4-6-15(18)7-5-14/h4-7,12H,8-11H2,1-3H3,(H2,19,20,21,22). The number of aryl methyl sites for hydroxylation is 1. The van der Waals surface area contributed by atoms with E-state index in [2.05, 4.69) is 25.5 Å². The molecule has 0 amide bonds. The second-order valence-corrected chi connectivity index (χ2v) is 5.75. The summed E-state index contributed by atoms with van der Waals surface area (Å²) in [6.45, 7) is 4.42. The van der Waals surface area contributed by atoms with E-state index in [1.807, 2.05) is 27.1 Å². The molecule has 2 rings (SSSR count). The summed E-state index contributed by atoms with van der Waals surface area (Å²) in [5, 5.41) is 6.52. The zero-order valence-corrected chi connectivity index (χ0v) is 13.9. The maximum Gasteiger partial charge on any atom is 0.224 e. The Bertz CT molecular complexity index is 613. The van der Waals surface area contributed by atoms with Crippen LogP contribution < -0.4 is 10.6 Å². The molecular formula is C17H24FN5. The van der Waals surface area contributed by atoms with Crippen LogP contribution in [0.1, 0.15) is 11.3 Å². The van der Waals surface area contributed by atoms with Crippen molar-refractivity contribution in [3.8, 4) is 0 Å². The van der Waals surface area contributed by atoms with Crippen molar-refractivity contribution in [2.75, 3.05) is 44.4 Å². The van der Waals surface area contributed by atoms with Gasteiger partial charge in [0.25, 0.3) is 0 Å².